The number of nitrogens with zero attached hydrogens (tertiary/aromatic N) is 3. The van der Waals surface area contributed by atoms with Crippen molar-refractivity contribution >= 4 is 46.1 Å². The van der Waals surface area contributed by atoms with E-state index in [-0.39, 0.29) is 18.3 Å². The zero-order chi connectivity index (χ0) is 17.2. The fraction of sp³-hybridized carbons (Fsp3) is 0.200. The molecule has 5 heteroatoms. The van der Waals surface area contributed by atoms with Gasteiger partial charge in [0.2, 0.25) is 0 Å². The lowest BCUT2D eigenvalue weighted by molar-refractivity contribution is -0.863. The summed E-state index contributed by atoms with van der Waals surface area (Å²) >= 11 is 0. The molecule has 0 amide bonds. The number of benzene rings is 3. The molecule has 3 rings (SSSR count). The molecule has 0 fully saturated rings. The maximum absolute atomic E-state index is 11.9. The lowest BCUT2D eigenvalue weighted by Gasteiger charge is -2.25. The predicted octanol–water partition coefficient (Wildman–Crippen LogP) is 3.21. The van der Waals surface area contributed by atoms with E-state index in [1.165, 1.54) is 0 Å². The van der Waals surface area contributed by atoms with Crippen LogP contribution in [0.1, 0.15) is 5.56 Å². The molecule has 0 saturated carbocycles. The van der Waals surface area contributed by atoms with E-state index >= 15 is 0 Å². The molecule has 0 radical (unpaired) electrons. The Hall–Kier alpha value is -2.43. The van der Waals surface area contributed by atoms with E-state index in [4.69, 9.17) is 0 Å². The van der Waals surface area contributed by atoms with Crippen molar-refractivity contribution in [3.05, 3.63) is 60.2 Å². The highest BCUT2D eigenvalue weighted by atomic mass is 35.5. The summed E-state index contributed by atoms with van der Waals surface area (Å²) in [5.74, 6) is -0.219. The van der Waals surface area contributed by atoms with Crippen LogP contribution in [0.3, 0.4) is 0 Å². The summed E-state index contributed by atoms with van der Waals surface area (Å²) in [7, 11) is 5.86. The fourth-order valence-electron chi connectivity index (χ4n) is 2.78. The molecule has 3 aromatic rings. The van der Waals surface area contributed by atoms with Crippen molar-refractivity contribution in [3.8, 4) is 0 Å². The lowest BCUT2D eigenvalue weighted by atomic mass is 9.97. The van der Waals surface area contributed by atoms with Crippen LogP contribution in [0, 0.1) is 0 Å². The average Bonchev–Trinajstić information content (AvgIpc) is 2.52. The molecule has 0 N–H and O–H groups in total. The quantitative estimate of drug-likeness (QED) is 0.233. The molecule has 130 valence electrons. The van der Waals surface area contributed by atoms with Crippen LogP contribution >= 0.6 is 12.4 Å². The summed E-state index contributed by atoms with van der Waals surface area (Å²) in [6, 6.07) is 18.5. The third kappa shape index (κ3) is 4.56. The Balaban J connectivity index is 0.00000225. The summed E-state index contributed by atoms with van der Waals surface area (Å²) in [4.78, 5) is 0. The zero-order valence-corrected chi connectivity index (χ0v) is 15.5. The Kier molecular flexibility index (Phi) is 5.77. The second-order valence-corrected chi connectivity index (χ2v) is 6.92. The number of quaternary nitrogens is 1. The van der Waals surface area contributed by atoms with Crippen LogP contribution in [-0.2, 0) is 0 Å². The normalized spacial score (nSPS) is 12.7. The Morgan fingerprint density at radius 3 is 2.00 bits per heavy atom. The first-order valence-corrected chi connectivity index (χ1v) is 7.92. The summed E-state index contributed by atoms with van der Waals surface area (Å²) in [5, 5.41) is 24.3. The maximum atomic E-state index is 11.9. The Labute approximate surface area is 154 Å². The molecule has 0 atom stereocenters. The molecule has 0 aromatic heterocycles. The van der Waals surface area contributed by atoms with Crippen LogP contribution in [-0.4, -0.2) is 44.3 Å². The van der Waals surface area contributed by atoms with Crippen molar-refractivity contribution in [1.82, 2.24) is 0 Å². The average molecular weight is 356 g/mol. The molecule has 3 aromatic carbocycles. The van der Waals surface area contributed by atoms with Gasteiger partial charge in [-0.2, -0.15) is 10.2 Å². The van der Waals surface area contributed by atoms with Crippen LogP contribution in [0.2, 0.25) is 0 Å². The molecule has 25 heavy (non-hydrogen) atoms. The van der Waals surface area contributed by atoms with Crippen molar-refractivity contribution in [3.63, 3.8) is 0 Å². The topological polar surface area (TPSA) is 47.8 Å². The molecule has 0 saturated heterocycles. The number of fused-ring (bicyclic) bond motifs is 2. The SMILES string of the molecule is C[N+](C)(C)CC([O-])=N/N=C/c1c2ccccc2cc2ccccc12.Cl. The van der Waals surface area contributed by atoms with Crippen molar-refractivity contribution in [2.24, 2.45) is 10.2 Å². The van der Waals surface area contributed by atoms with E-state index in [0.717, 1.165) is 27.1 Å². The summed E-state index contributed by atoms with van der Waals surface area (Å²) in [6.07, 6.45) is 1.69. The van der Waals surface area contributed by atoms with Crippen LogP contribution < -0.4 is 5.11 Å². The zero-order valence-electron chi connectivity index (χ0n) is 14.6. The van der Waals surface area contributed by atoms with Gasteiger partial charge in [0.15, 0.2) is 0 Å². The second kappa shape index (κ2) is 7.64. The maximum Gasteiger partial charge on any atom is 0.109 e. The van der Waals surface area contributed by atoms with Crippen LogP contribution in [0.25, 0.3) is 21.5 Å². The van der Waals surface area contributed by atoms with Gasteiger partial charge in [-0.25, -0.2) is 0 Å². The van der Waals surface area contributed by atoms with Crippen LogP contribution in [0.4, 0.5) is 0 Å². The van der Waals surface area contributed by atoms with Crippen molar-refractivity contribution in [2.45, 2.75) is 0 Å². The molecule has 0 unspecified atom stereocenters. The van der Waals surface area contributed by atoms with E-state index < -0.39 is 0 Å². The van der Waals surface area contributed by atoms with Gasteiger partial charge >= 0.3 is 0 Å². The molecular weight excluding hydrogens is 334 g/mol. The molecule has 0 aliphatic rings. The smallest absolute Gasteiger partial charge is 0.109 e. The molecule has 0 spiro atoms. The summed E-state index contributed by atoms with van der Waals surface area (Å²) < 4.78 is 0.537. The van der Waals surface area contributed by atoms with Crippen molar-refractivity contribution < 1.29 is 9.59 Å². The second-order valence-electron chi connectivity index (χ2n) is 6.92. The highest BCUT2D eigenvalue weighted by Gasteiger charge is 2.06. The van der Waals surface area contributed by atoms with Gasteiger partial charge in [0.05, 0.1) is 27.4 Å². The van der Waals surface area contributed by atoms with Gasteiger partial charge in [-0.15, -0.1) is 12.4 Å². The van der Waals surface area contributed by atoms with Gasteiger partial charge in [-0.3, -0.25) is 0 Å². The van der Waals surface area contributed by atoms with Gasteiger partial charge in [0.25, 0.3) is 0 Å². The molecular formula is C20H22ClN3O. The first-order chi connectivity index (χ1) is 11.4. The lowest BCUT2D eigenvalue weighted by Crippen LogP contribution is -2.43. The van der Waals surface area contributed by atoms with E-state index in [1.807, 2.05) is 45.4 Å². The summed E-state index contributed by atoms with van der Waals surface area (Å²) in [6.45, 7) is 0.327. The number of hydrogen-bond donors (Lipinski definition) is 0. The summed E-state index contributed by atoms with van der Waals surface area (Å²) in [5.41, 5.74) is 0.991. The molecule has 0 bridgehead atoms. The number of halogens is 1. The standard InChI is InChI=1S/C20H21N3O.ClH/c1-23(2,3)14-20(24)22-21-13-19-17-10-6-4-8-15(17)12-16-9-5-7-11-18(16)19;/h4-13H,14H2,1-3H3;1H/b21-13+;. The van der Waals surface area contributed by atoms with Crippen molar-refractivity contribution in [2.75, 3.05) is 27.7 Å². The minimum Gasteiger partial charge on any atom is -0.857 e. The van der Waals surface area contributed by atoms with E-state index in [9.17, 15) is 5.11 Å². The predicted molar refractivity (Wildman–Crippen MR) is 107 cm³/mol. The molecule has 0 aliphatic heterocycles. The van der Waals surface area contributed by atoms with Crippen LogP contribution in [0.5, 0.6) is 0 Å². The van der Waals surface area contributed by atoms with Gasteiger partial charge < -0.3 is 9.59 Å². The van der Waals surface area contributed by atoms with Gasteiger partial charge in [0, 0.05) is 11.5 Å². The van der Waals surface area contributed by atoms with E-state index in [2.05, 4.69) is 40.5 Å². The highest BCUT2D eigenvalue weighted by molar-refractivity contribution is 6.13. The van der Waals surface area contributed by atoms with Crippen LogP contribution in [0.15, 0.2) is 64.8 Å². The molecule has 0 heterocycles. The minimum absolute atomic E-state index is 0. The van der Waals surface area contributed by atoms with E-state index in [1.54, 1.807) is 6.21 Å². The van der Waals surface area contributed by atoms with Gasteiger partial charge in [0.1, 0.15) is 6.54 Å². The number of rotatable bonds is 4. The minimum atomic E-state index is -0.219. The largest absolute Gasteiger partial charge is 0.857 e. The fourth-order valence-corrected chi connectivity index (χ4v) is 2.78. The van der Waals surface area contributed by atoms with Crippen molar-refractivity contribution in [1.29, 1.82) is 0 Å². The van der Waals surface area contributed by atoms with Gasteiger partial charge in [-0.1, -0.05) is 48.5 Å². The highest BCUT2D eigenvalue weighted by Crippen LogP contribution is 2.27. The Morgan fingerprint density at radius 1 is 0.960 bits per heavy atom. The number of hydrogen-bond acceptors (Lipinski definition) is 3. The third-order valence-electron chi connectivity index (χ3n) is 3.78. The third-order valence-corrected chi connectivity index (χ3v) is 3.78. The van der Waals surface area contributed by atoms with Gasteiger partial charge in [-0.05, 0) is 27.6 Å². The Bertz CT molecular complexity index is 888. The molecule has 0 aliphatic carbocycles. The first-order valence-electron chi connectivity index (χ1n) is 7.92. The van der Waals surface area contributed by atoms with E-state index in [0.29, 0.717) is 11.0 Å². The Morgan fingerprint density at radius 2 is 1.48 bits per heavy atom. The monoisotopic (exact) mass is 355 g/mol. The molecule has 4 nitrogen and oxygen atoms in total. The first kappa shape index (κ1) is 18.9. The number of likely N-dealkylation sites (N-methyl/N-ethyl adjacent to an activating group) is 1.